The highest BCUT2D eigenvalue weighted by molar-refractivity contribution is 7.08. The number of ether oxygens (including phenoxy) is 1. The largest absolute Gasteiger partial charge is 0.371 e. The summed E-state index contributed by atoms with van der Waals surface area (Å²) in [6.07, 6.45) is 4.25. The molecule has 0 unspecified atom stereocenters. The number of thiophene rings is 1. The van der Waals surface area contributed by atoms with Crippen molar-refractivity contribution >= 4 is 17.2 Å². The number of aromatic nitrogens is 1. The van der Waals surface area contributed by atoms with Gasteiger partial charge in [0.05, 0.1) is 6.04 Å². The molecule has 2 aromatic heterocycles. The van der Waals surface area contributed by atoms with Crippen LogP contribution in [0.15, 0.2) is 41.4 Å². The minimum atomic E-state index is -0.101. The van der Waals surface area contributed by atoms with Gasteiger partial charge in [0, 0.05) is 35.5 Å². The molecular weight excluding hydrogens is 260 g/mol. The van der Waals surface area contributed by atoms with Crippen molar-refractivity contribution in [1.29, 1.82) is 0 Å². The first-order chi connectivity index (χ1) is 9.34. The molecule has 3 heterocycles. The Bertz CT molecular complexity index is 542. The van der Waals surface area contributed by atoms with Crippen molar-refractivity contribution in [3.05, 3.63) is 52.5 Å². The molecule has 1 amide bonds. The standard InChI is InChI=1S/C14H14N2O2S/c17-14(11-4-7-19-9-11)16-12-3-6-18-13(12)10-2-1-5-15-8-10/h1-2,4-5,7-9,12-13H,3,6H2,(H,16,17)/t12-,13+/m0/s1. The van der Waals surface area contributed by atoms with Gasteiger partial charge in [-0.3, -0.25) is 9.78 Å². The van der Waals surface area contributed by atoms with Crippen LogP contribution in [-0.2, 0) is 4.74 Å². The number of nitrogens with zero attached hydrogens (tertiary/aromatic N) is 1. The normalized spacial score (nSPS) is 22.3. The molecule has 19 heavy (non-hydrogen) atoms. The van der Waals surface area contributed by atoms with Crippen LogP contribution in [0.3, 0.4) is 0 Å². The highest BCUT2D eigenvalue weighted by atomic mass is 32.1. The molecule has 0 spiro atoms. The van der Waals surface area contributed by atoms with Gasteiger partial charge in [0.15, 0.2) is 0 Å². The Morgan fingerprint density at radius 1 is 1.47 bits per heavy atom. The molecule has 1 fully saturated rings. The van der Waals surface area contributed by atoms with Crippen LogP contribution >= 0.6 is 11.3 Å². The summed E-state index contributed by atoms with van der Waals surface area (Å²) >= 11 is 1.52. The zero-order valence-corrected chi connectivity index (χ0v) is 11.1. The van der Waals surface area contributed by atoms with Gasteiger partial charge in [-0.15, -0.1) is 0 Å². The fourth-order valence-electron chi connectivity index (χ4n) is 2.26. The van der Waals surface area contributed by atoms with Crippen LogP contribution in [0.1, 0.15) is 28.4 Å². The Kier molecular flexibility index (Phi) is 3.57. The Morgan fingerprint density at radius 2 is 2.42 bits per heavy atom. The molecular formula is C14H14N2O2S. The first kappa shape index (κ1) is 12.3. The highest BCUT2D eigenvalue weighted by Crippen LogP contribution is 2.28. The van der Waals surface area contributed by atoms with Crippen LogP contribution in [0.4, 0.5) is 0 Å². The van der Waals surface area contributed by atoms with Crippen molar-refractivity contribution < 1.29 is 9.53 Å². The summed E-state index contributed by atoms with van der Waals surface area (Å²) in [6.45, 7) is 0.661. The van der Waals surface area contributed by atoms with Crippen molar-refractivity contribution in [3.8, 4) is 0 Å². The third kappa shape index (κ3) is 2.67. The smallest absolute Gasteiger partial charge is 0.252 e. The van der Waals surface area contributed by atoms with Crippen LogP contribution in [-0.4, -0.2) is 23.5 Å². The first-order valence-electron chi connectivity index (χ1n) is 6.19. The predicted octanol–water partition coefficient (Wildman–Crippen LogP) is 2.40. The Hall–Kier alpha value is -1.72. The molecule has 0 aliphatic carbocycles. The summed E-state index contributed by atoms with van der Waals surface area (Å²) in [5.41, 5.74) is 1.72. The lowest BCUT2D eigenvalue weighted by Crippen LogP contribution is -2.36. The maximum Gasteiger partial charge on any atom is 0.252 e. The van der Waals surface area contributed by atoms with Gasteiger partial charge in [-0.2, -0.15) is 11.3 Å². The van der Waals surface area contributed by atoms with E-state index in [1.807, 2.05) is 29.0 Å². The molecule has 4 nitrogen and oxygen atoms in total. The van der Waals surface area contributed by atoms with Crippen LogP contribution in [0, 0.1) is 0 Å². The number of rotatable bonds is 3. The number of hydrogen-bond acceptors (Lipinski definition) is 4. The van der Waals surface area contributed by atoms with E-state index in [0.717, 1.165) is 12.0 Å². The number of amides is 1. The quantitative estimate of drug-likeness (QED) is 0.935. The fourth-order valence-corrected chi connectivity index (χ4v) is 2.89. The lowest BCUT2D eigenvalue weighted by Gasteiger charge is -2.19. The van der Waals surface area contributed by atoms with Gasteiger partial charge in [-0.25, -0.2) is 0 Å². The fraction of sp³-hybridized carbons (Fsp3) is 0.286. The topological polar surface area (TPSA) is 51.2 Å². The van der Waals surface area contributed by atoms with Crippen LogP contribution in [0.5, 0.6) is 0 Å². The van der Waals surface area contributed by atoms with E-state index in [1.165, 1.54) is 11.3 Å². The van der Waals surface area contributed by atoms with Gasteiger partial charge in [0.1, 0.15) is 6.10 Å². The summed E-state index contributed by atoms with van der Waals surface area (Å²) in [6, 6.07) is 5.70. The predicted molar refractivity (Wildman–Crippen MR) is 73.1 cm³/mol. The van der Waals surface area contributed by atoms with E-state index in [-0.39, 0.29) is 18.1 Å². The summed E-state index contributed by atoms with van der Waals surface area (Å²) in [5.74, 6) is -0.0364. The number of pyridine rings is 1. The van der Waals surface area contributed by atoms with Gasteiger partial charge in [-0.05, 0) is 23.9 Å². The molecule has 2 aromatic rings. The van der Waals surface area contributed by atoms with E-state index in [9.17, 15) is 4.79 Å². The zero-order chi connectivity index (χ0) is 13.1. The SMILES string of the molecule is O=C(N[C@H]1CCO[C@@H]1c1cccnc1)c1ccsc1. The van der Waals surface area contributed by atoms with Gasteiger partial charge < -0.3 is 10.1 Å². The number of carbonyl (C=O) groups is 1. The molecule has 0 saturated carbocycles. The first-order valence-corrected chi connectivity index (χ1v) is 7.13. The van der Waals surface area contributed by atoms with Crippen molar-refractivity contribution in [2.75, 3.05) is 6.61 Å². The van der Waals surface area contributed by atoms with E-state index in [0.29, 0.717) is 12.2 Å². The number of carbonyl (C=O) groups excluding carboxylic acids is 1. The van der Waals surface area contributed by atoms with Crippen molar-refractivity contribution in [2.24, 2.45) is 0 Å². The highest BCUT2D eigenvalue weighted by Gasteiger charge is 2.31. The average molecular weight is 274 g/mol. The van der Waals surface area contributed by atoms with Crippen molar-refractivity contribution in [3.63, 3.8) is 0 Å². The summed E-state index contributed by atoms with van der Waals surface area (Å²) < 4.78 is 5.72. The summed E-state index contributed by atoms with van der Waals surface area (Å²) in [5, 5.41) is 6.80. The lowest BCUT2D eigenvalue weighted by molar-refractivity contribution is 0.0821. The second-order valence-corrected chi connectivity index (χ2v) is 5.24. The molecule has 98 valence electrons. The van der Waals surface area contributed by atoms with Crippen LogP contribution in [0.2, 0.25) is 0 Å². The van der Waals surface area contributed by atoms with Crippen molar-refractivity contribution in [2.45, 2.75) is 18.6 Å². The van der Waals surface area contributed by atoms with Crippen LogP contribution in [0.25, 0.3) is 0 Å². The molecule has 2 atom stereocenters. The van der Waals surface area contributed by atoms with Gasteiger partial charge in [-0.1, -0.05) is 6.07 Å². The maximum atomic E-state index is 12.1. The van der Waals surface area contributed by atoms with E-state index < -0.39 is 0 Å². The molecule has 3 rings (SSSR count). The van der Waals surface area contributed by atoms with Gasteiger partial charge in [0.2, 0.25) is 0 Å². The van der Waals surface area contributed by atoms with Crippen molar-refractivity contribution in [1.82, 2.24) is 10.3 Å². The van der Waals surface area contributed by atoms with Crippen LogP contribution < -0.4 is 5.32 Å². The second kappa shape index (κ2) is 5.50. The van der Waals surface area contributed by atoms with E-state index >= 15 is 0 Å². The molecule has 0 bridgehead atoms. The summed E-state index contributed by atoms with van der Waals surface area (Å²) in [4.78, 5) is 16.2. The molecule has 1 N–H and O–H groups in total. The van der Waals surface area contributed by atoms with E-state index in [2.05, 4.69) is 10.3 Å². The number of nitrogens with one attached hydrogen (secondary N) is 1. The molecule has 0 aromatic carbocycles. The Balaban J connectivity index is 1.72. The lowest BCUT2D eigenvalue weighted by atomic mass is 10.0. The molecule has 1 aliphatic heterocycles. The maximum absolute atomic E-state index is 12.1. The van der Waals surface area contributed by atoms with Gasteiger partial charge in [0.25, 0.3) is 5.91 Å². The Morgan fingerprint density at radius 3 is 3.16 bits per heavy atom. The minimum absolute atomic E-state index is 0.0107. The number of hydrogen-bond donors (Lipinski definition) is 1. The third-order valence-corrected chi connectivity index (χ3v) is 3.89. The van der Waals surface area contributed by atoms with Gasteiger partial charge >= 0.3 is 0 Å². The average Bonchev–Trinajstić information content (AvgIpc) is 3.11. The monoisotopic (exact) mass is 274 g/mol. The molecule has 0 radical (unpaired) electrons. The molecule has 5 heteroatoms. The van der Waals surface area contributed by atoms with E-state index in [1.54, 1.807) is 12.4 Å². The second-order valence-electron chi connectivity index (χ2n) is 4.46. The minimum Gasteiger partial charge on any atom is -0.371 e. The molecule has 1 saturated heterocycles. The van der Waals surface area contributed by atoms with E-state index in [4.69, 9.17) is 4.74 Å². The Labute approximate surface area is 115 Å². The summed E-state index contributed by atoms with van der Waals surface area (Å²) in [7, 11) is 0. The third-order valence-electron chi connectivity index (χ3n) is 3.20. The molecule has 1 aliphatic rings. The zero-order valence-electron chi connectivity index (χ0n) is 10.3.